The number of nitrogens with one attached hydrogen (secondary N) is 1. The number of hydrogen-bond acceptors (Lipinski definition) is 3. The fourth-order valence-corrected chi connectivity index (χ4v) is 3.65. The summed E-state index contributed by atoms with van der Waals surface area (Å²) in [5, 5.41) is 3.54. The van der Waals surface area contributed by atoms with Crippen LogP contribution in [0.2, 0.25) is 0 Å². The summed E-state index contributed by atoms with van der Waals surface area (Å²) in [5.41, 5.74) is 2.60. The second kappa shape index (κ2) is 6.83. The van der Waals surface area contributed by atoms with Gasteiger partial charge in [-0.1, -0.05) is 18.2 Å². The number of thioether (sulfide) groups is 1. The third kappa shape index (κ3) is 3.88. The minimum Gasteiger partial charge on any atom is -0.380 e. The summed E-state index contributed by atoms with van der Waals surface area (Å²) in [6, 6.07) is 10.7. The number of hydrogen-bond donors (Lipinski definition) is 1. The van der Waals surface area contributed by atoms with E-state index < -0.39 is 0 Å². The maximum absolute atomic E-state index is 3.77. The summed E-state index contributed by atoms with van der Waals surface area (Å²) in [6.07, 6.45) is 1.94. The SMILES string of the molecule is C=CCSc1ccccc1NCc1cc(C)sc1C. The van der Waals surface area contributed by atoms with Crippen molar-refractivity contribution >= 4 is 28.8 Å². The predicted octanol–water partition coefficient (Wildman–Crippen LogP) is 5.26. The summed E-state index contributed by atoms with van der Waals surface area (Å²) in [5.74, 6) is 0.940. The van der Waals surface area contributed by atoms with E-state index in [-0.39, 0.29) is 0 Å². The molecule has 2 rings (SSSR count). The minimum absolute atomic E-state index is 0.891. The Hall–Kier alpha value is -1.19. The molecule has 0 amide bonds. The van der Waals surface area contributed by atoms with Crippen LogP contribution in [0.25, 0.3) is 0 Å². The van der Waals surface area contributed by atoms with Crippen molar-refractivity contribution in [3.63, 3.8) is 0 Å². The molecule has 1 heterocycles. The average molecular weight is 289 g/mol. The van der Waals surface area contributed by atoms with E-state index in [2.05, 4.69) is 56.1 Å². The van der Waals surface area contributed by atoms with Crippen LogP contribution in [0.3, 0.4) is 0 Å². The highest BCUT2D eigenvalue weighted by Crippen LogP contribution is 2.28. The Kier molecular flexibility index (Phi) is 5.11. The molecular weight excluding hydrogens is 270 g/mol. The molecule has 0 saturated heterocycles. The highest BCUT2D eigenvalue weighted by atomic mass is 32.2. The Bertz CT molecular complexity index is 558. The third-order valence-corrected chi connectivity index (χ3v) is 4.93. The first-order chi connectivity index (χ1) is 9.20. The Morgan fingerprint density at radius 2 is 2.11 bits per heavy atom. The molecule has 1 aromatic carbocycles. The highest BCUT2D eigenvalue weighted by molar-refractivity contribution is 7.99. The molecule has 2 aromatic rings. The predicted molar refractivity (Wildman–Crippen MR) is 88.5 cm³/mol. The molecule has 0 aliphatic rings. The van der Waals surface area contributed by atoms with Crippen LogP contribution in [-0.4, -0.2) is 5.75 Å². The Morgan fingerprint density at radius 1 is 1.32 bits per heavy atom. The number of para-hydroxylation sites is 1. The van der Waals surface area contributed by atoms with Crippen LogP contribution in [0.4, 0.5) is 5.69 Å². The van der Waals surface area contributed by atoms with Crippen LogP contribution in [0.1, 0.15) is 15.3 Å². The molecule has 0 aliphatic heterocycles. The van der Waals surface area contributed by atoms with Crippen molar-refractivity contribution < 1.29 is 0 Å². The smallest absolute Gasteiger partial charge is 0.0481 e. The first-order valence-electron chi connectivity index (χ1n) is 6.33. The molecule has 0 spiro atoms. The molecule has 0 unspecified atom stereocenters. The lowest BCUT2D eigenvalue weighted by molar-refractivity contribution is 1.12. The van der Waals surface area contributed by atoms with Gasteiger partial charge in [0.25, 0.3) is 0 Å². The van der Waals surface area contributed by atoms with E-state index in [1.807, 2.05) is 29.2 Å². The zero-order valence-corrected chi connectivity index (χ0v) is 13.0. The van der Waals surface area contributed by atoms with Gasteiger partial charge >= 0.3 is 0 Å². The number of rotatable bonds is 6. The molecular formula is C16H19NS2. The van der Waals surface area contributed by atoms with Gasteiger partial charge in [0, 0.05) is 32.6 Å². The van der Waals surface area contributed by atoms with E-state index in [1.165, 1.54) is 25.9 Å². The van der Waals surface area contributed by atoms with E-state index in [0.717, 1.165) is 12.3 Å². The normalized spacial score (nSPS) is 10.4. The van der Waals surface area contributed by atoms with Gasteiger partial charge in [0.2, 0.25) is 0 Å². The largest absolute Gasteiger partial charge is 0.380 e. The summed E-state index contributed by atoms with van der Waals surface area (Å²) in [4.78, 5) is 4.07. The maximum Gasteiger partial charge on any atom is 0.0481 e. The topological polar surface area (TPSA) is 12.0 Å². The molecule has 0 fully saturated rings. The molecule has 0 atom stereocenters. The molecule has 0 saturated carbocycles. The summed E-state index contributed by atoms with van der Waals surface area (Å²) < 4.78 is 0. The second-order valence-corrected chi connectivity index (χ2v) is 6.91. The number of thiophene rings is 1. The Balaban J connectivity index is 2.06. The third-order valence-electron chi connectivity index (χ3n) is 2.86. The molecule has 0 radical (unpaired) electrons. The van der Waals surface area contributed by atoms with Crippen LogP contribution >= 0.6 is 23.1 Å². The molecule has 100 valence electrons. The van der Waals surface area contributed by atoms with Crippen LogP contribution in [0.5, 0.6) is 0 Å². The van der Waals surface area contributed by atoms with Crippen LogP contribution in [0, 0.1) is 13.8 Å². The van der Waals surface area contributed by atoms with Crippen molar-refractivity contribution in [2.45, 2.75) is 25.3 Å². The monoisotopic (exact) mass is 289 g/mol. The standard InChI is InChI=1S/C16H19NS2/c1-4-9-18-16-8-6-5-7-15(16)17-11-14-10-12(2)19-13(14)3/h4-8,10,17H,1,9,11H2,2-3H3. The van der Waals surface area contributed by atoms with Gasteiger partial charge in [0.1, 0.15) is 0 Å². The van der Waals surface area contributed by atoms with Gasteiger partial charge in [0.05, 0.1) is 0 Å². The van der Waals surface area contributed by atoms with Crippen molar-refractivity contribution in [1.82, 2.24) is 0 Å². The number of anilines is 1. The number of benzene rings is 1. The quantitative estimate of drug-likeness (QED) is 0.575. The lowest BCUT2D eigenvalue weighted by atomic mass is 10.2. The molecule has 3 heteroatoms. The summed E-state index contributed by atoms with van der Waals surface area (Å²) in [6.45, 7) is 9.01. The van der Waals surface area contributed by atoms with Crippen molar-refractivity contribution in [2.24, 2.45) is 0 Å². The first-order valence-corrected chi connectivity index (χ1v) is 8.13. The number of aryl methyl sites for hydroxylation is 2. The second-order valence-electron chi connectivity index (χ2n) is 4.39. The van der Waals surface area contributed by atoms with Gasteiger partial charge in [0.15, 0.2) is 0 Å². The summed E-state index contributed by atoms with van der Waals surface area (Å²) >= 11 is 3.68. The molecule has 0 aliphatic carbocycles. The van der Waals surface area contributed by atoms with Gasteiger partial charge < -0.3 is 5.32 Å². The van der Waals surface area contributed by atoms with Crippen LogP contribution in [0.15, 0.2) is 47.9 Å². The zero-order valence-electron chi connectivity index (χ0n) is 11.4. The average Bonchev–Trinajstić information content (AvgIpc) is 2.73. The van der Waals surface area contributed by atoms with E-state index in [9.17, 15) is 0 Å². The Morgan fingerprint density at radius 3 is 2.79 bits per heavy atom. The molecule has 0 bridgehead atoms. The minimum atomic E-state index is 0.891. The van der Waals surface area contributed by atoms with Gasteiger partial charge in [-0.15, -0.1) is 29.7 Å². The van der Waals surface area contributed by atoms with Crippen molar-refractivity contribution in [3.8, 4) is 0 Å². The van der Waals surface area contributed by atoms with Gasteiger partial charge in [-0.05, 0) is 37.6 Å². The van der Waals surface area contributed by atoms with E-state index in [1.54, 1.807) is 0 Å². The van der Waals surface area contributed by atoms with Crippen LogP contribution < -0.4 is 5.32 Å². The van der Waals surface area contributed by atoms with Gasteiger partial charge in [-0.25, -0.2) is 0 Å². The fraction of sp³-hybridized carbons (Fsp3) is 0.250. The molecule has 19 heavy (non-hydrogen) atoms. The van der Waals surface area contributed by atoms with Crippen molar-refractivity contribution in [2.75, 3.05) is 11.1 Å². The summed E-state index contributed by atoms with van der Waals surface area (Å²) in [7, 11) is 0. The van der Waals surface area contributed by atoms with Crippen LogP contribution in [-0.2, 0) is 6.54 Å². The van der Waals surface area contributed by atoms with E-state index in [0.29, 0.717) is 0 Å². The molecule has 1 aromatic heterocycles. The van der Waals surface area contributed by atoms with Gasteiger partial charge in [-0.2, -0.15) is 0 Å². The highest BCUT2D eigenvalue weighted by Gasteiger charge is 2.05. The maximum atomic E-state index is 3.77. The zero-order chi connectivity index (χ0) is 13.7. The van der Waals surface area contributed by atoms with E-state index in [4.69, 9.17) is 0 Å². The first kappa shape index (κ1) is 14.2. The van der Waals surface area contributed by atoms with Crippen molar-refractivity contribution in [3.05, 3.63) is 58.3 Å². The van der Waals surface area contributed by atoms with Gasteiger partial charge in [-0.3, -0.25) is 0 Å². The lowest BCUT2D eigenvalue weighted by Crippen LogP contribution is -2.00. The fourth-order valence-electron chi connectivity index (χ4n) is 1.94. The van der Waals surface area contributed by atoms with E-state index >= 15 is 0 Å². The van der Waals surface area contributed by atoms with Crippen molar-refractivity contribution in [1.29, 1.82) is 0 Å². The molecule has 1 nitrogen and oxygen atoms in total. The molecule has 1 N–H and O–H groups in total. The Labute approximate surface area is 123 Å². The lowest BCUT2D eigenvalue weighted by Gasteiger charge is -2.11.